The molecule has 15 heavy (non-hydrogen) atoms. The van der Waals surface area contributed by atoms with Crippen molar-refractivity contribution in [2.75, 3.05) is 37.1 Å². The van der Waals surface area contributed by atoms with E-state index < -0.39 is 0 Å². The number of aromatic nitrogens is 1. The fourth-order valence-electron chi connectivity index (χ4n) is 1.39. The molecule has 1 radical (unpaired) electrons. The van der Waals surface area contributed by atoms with Gasteiger partial charge in [-0.3, -0.25) is 0 Å². The van der Waals surface area contributed by atoms with Gasteiger partial charge in [-0.2, -0.15) is 0 Å². The predicted molar refractivity (Wildman–Crippen MR) is 67.1 cm³/mol. The van der Waals surface area contributed by atoms with Crippen molar-refractivity contribution in [1.29, 1.82) is 0 Å². The minimum Gasteiger partial charge on any atom is -0.388 e. The Hall–Kier alpha value is -1.49. The molecular formula is C10H13N4S. The Labute approximate surface area is 92.7 Å². The molecule has 2 rings (SSSR count). The van der Waals surface area contributed by atoms with Gasteiger partial charge in [-0.15, -0.1) is 0 Å². The summed E-state index contributed by atoms with van der Waals surface area (Å²) >= 11 is 1.63. The maximum absolute atomic E-state index is 4.46. The van der Waals surface area contributed by atoms with Crippen molar-refractivity contribution in [3.8, 4) is 0 Å². The van der Waals surface area contributed by atoms with Crippen LogP contribution in [0, 0.1) is 6.07 Å². The van der Waals surface area contributed by atoms with Gasteiger partial charge in [0.15, 0.2) is 5.13 Å². The second-order valence-electron chi connectivity index (χ2n) is 3.04. The maximum Gasteiger partial charge on any atom is 0.183 e. The van der Waals surface area contributed by atoms with Crippen LogP contribution in [0.2, 0.25) is 0 Å². The Bertz CT molecular complexity index is 477. The molecule has 79 valence electrons. The zero-order chi connectivity index (χ0) is 10.8. The standard InChI is InChI=1S/C10H13N4S/c1-11-6-4-7(12-2)9-8(5-6)15-10(13-3)14-9/h5,11-12H,1-3H3,(H,13,14). The summed E-state index contributed by atoms with van der Waals surface area (Å²) in [5.74, 6) is 0. The summed E-state index contributed by atoms with van der Waals surface area (Å²) < 4.78 is 1.15. The lowest BCUT2D eigenvalue weighted by molar-refractivity contribution is 1.40. The fraction of sp³-hybridized carbons (Fsp3) is 0.300. The molecule has 0 atom stereocenters. The van der Waals surface area contributed by atoms with E-state index in [1.807, 2.05) is 21.1 Å². The molecule has 0 aliphatic rings. The van der Waals surface area contributed by atoms with Crippen LogP contribution in [0.3, 0.4) is 0 Å². The average Bonchev–Trinajstić information content (AvgIpc) is 2.70. The second-order valence-corrected chi connectivity index (χ2v) is 4.07. The van der Waals surface area contributed by atoms with Crippen LogP contribution in [-0.4, -0.2) is 26.1 Å². The predicted octanol–water partition coefficient (Wildman–Crippen LogP) is 2.22. The van der Waals surface area contributed by atoms with E-state index in [-0.39, 0.29) is 0 Å². The summed E-state index contributed by atoms with van der Waals surface area (Å²) in [6.45, 7) is 0. The molecule has 5 heteroatoms. The molecule has 0 aliphatic carbocycles. The van der Waals surface area contributed by atoms with Crippen molar-refractivity contribution in [3.63, 3.8) is 0 Å². The van der Waals surface area contributed by atoms with E-state index in [1.54, 1.807) is 11.3 Å². The number of anilines is 3. The third-order valence-electron chi connectivity index (χ3n) is 2.16. The van der Waals surface area contributed by atoms with Gasteiger partial charge in [-0.1, -0.05) is 11.3 Å². The lowest BCUT2D eigenvalue weighted by Gasteiger charge is -2.04. The summed E-state index contributed by atoms with van der Waals surface area (Å²) in [4.78, 5) is 4.46. The molecule has 1 aromatic carbocycles. The first-order valence-electron chi connectivity index (χ1n) is 4.68. The van der Waals surface area contributed by atoms with Crippen LogP contribution in [0.5, 0.6) is 0 Å². The highest BCUT2D eigenvalue weighted by molar-refractivity contribution is 7.22. The van der Waals surface area contributed by atoms with Gasteiger partial charge in [0.1, 0.15) is 5.52 Å². The van der Waals surface area contributed by atoms with E-state index in [4.69, 9.17) is 0 Å². The highest BCUT2D eigenvalue weighted by Crippen LogP contribution is 2.33. The van der Waals surface area contributed by atoms with Gasteiger partial charge in [0.2, 0.25) is 0 Å². The Morgan fingerprint density at radius 3 is 2.60 bits per heavy atom. The first-order valence-corrected chi connectivity index (χ1v) is 5.50. The number of nitrogens with zero attached hydrogens (tertiary/aromatic N) is 1. The highest BCUT2D eigenvalue weighted by Gasteiger charge is 2.08. The maximum atomic E-state index is 4.46. The Kier molecular flexibility index (Phi) is 2.64. The van der Waals surface area contributed by atoms with Crippen molar-refractivity contribution in [2.24, 2.45) is 0 Å². The van der Waals surface area contributed by atoms with Crippen molar-refractivity contribution in [1.82, 2.24) is 4.98 Å². The molecule has 0 bridgehead atoms. The minimum atomic E-state index is 0.920. The SMILES string of the molecule is CNc1[c]c(NC)c2nc(NC)sc2c1. The molecule has 2 aromatic rings. The van der Waals surface area contributed by atoms with E-state index in [2.05, 4.69) is 33.1 Å². The second kappa shape index (κ2) is 3.94. The zero-order valence-electron chi connectivity index (χ0n) is 8.93. The van der Waals surface area contributed by atoms with Gasteiger partial charge >= 0.3 is 0 Å². The van der Waals surface area contributed by atoms with Gasteiger partial charge in [0, 0.05) is 32.9 Å². The molecule has 0 amide bonds. The molecule has 0 aliphatic heterocycles. The van der Waals surface area contributed by atoms with Crippen molar-refractivity contribution < 1.29 is 0 Å². The number of fused-ring (bicyclic) bond motifs is 1. The van der Waals surface area contributed by atoms with E-state index in [9.17, 15) is 0 Å². The number of nitrogens with one attached hydrogen (secondary N) is 3. The summed E-state index contributed by atoms with van der Waals surface area (Å²) in [6, 6.07) is 5.27. The molecule has 3 N–H and O–H groups in total. The van der Waals surface area contributed by atoms with Crippen molar-refractivity contribution in [3.05, 3.63) is 12.1 Å². The van der Waals surface area contributed by atoms with Crippen LogP contribution in [0.15, 0.2) is 6.07 Å². The number of hydrogen-bond donors (Lipinski definition) is 3. The van der Waals surface area contributed by atoms with E-state index in [0.29, 0.717) is 0 Å². The largest absolute Gasteiger partial charge is 0.388 e. The van der Waals surface area contributed by atoms with Crippen molar-refractivity contribution in [2.45, 2.75) is 0 Å². The smallest absolute Gasteiger partial charge is 0.183 e. The third-order valence-corrected chi connectivity index (χ3v) is 3.18. The minimum absolute atomic E-state index is 0.920. The molecule has 0 saturated carbocycles. The quantitative estimate of drug-likeness (QED) is 0.744. The Morgan fingerprint density at radius 2 is 2.00 bits per heavy atom. The van der Waals surface area contributed by atoms with Gasteiger partial charge < -0.3 is 16.0 Å². The molecule has 1 heterocycles. The topological polar surface area (TPSA) is 49.0 Å². The monoisotopic (exact) mass is 221 g/mol. The van der Waals surface area contributed by atoms with Crippen LogP contribution in [-0.2, 0) is 0 Å². The number of benzene rings is 1. The number of rotatable bonds is 3. The van der Waals surface area contributed by atoms with Crippen LogP contribution in [0.1, 0.15) is 0 Å². The Balaban J connectivity index is 2.66. The molecule has 0 fully saturated rings. The normalized spacial score (nSPS) is 10.3. The summed E-state index contributed by atoms with van der Waals surface area (Å²) in [5, 5.41) is 10.2. The summed E-state index contributed by atoms with van der Waals surface area (Å²) in [6.07, 6.45) is 0. The number of thiazole rings is 1. The fourth-order valence-corrected chi connectivity index (χ4v) is 2.26. The molecule has 4 nitrogen and oxygen atoms in total. The van der Waals surface area contributed by atoms with E-state index in [1.165, 1.54) is 0 Å². The van der Waals surface area contributed by atoms with Crippen LogP contribution in [0.25, 0.3) is 10.2 Å². The first-order chi connectivity index (χ1) is 7.28. The van der Waals surface area contributed by atoms with Crippen LogP contribution in [0.4, 0.5) is 16.5 Å². The van der Waals surface area contributed by atoms with Gasteiger partial charge in [0.25, 0.3) is 0 Å². The van der Waals surface area contributed by atoms with Crippen molar-refractivity contribution >= 4 is 38.1 Å². The molecule has 1 aromatic heterocycles. The summed E-state index contributed by atoms with van der Waals surface area (Å²) in [7, 11) is 5.64. The van der Waals surface area contributed by atoms with Gasteiger partial charge in [-0.05, 0) is 6.07 Å². The lowest BCUT2D eigenvalue weighted by Crippen LogP contribution is -1.94. The Morgan fingerprint density at radius 1 is 1.20 bits per heavy atom. The average molecular weight is 221 g/mol. The molecular weight excluding hydrogens is 208 g/mol. The van der Waals surface area contributed by atoms with Gasteiger partial charge in [-0.25, -0.2) is 4.98 Å². The van der Waals surface area contributed by atoms with Gasteiger partial charge in [0.05, 0.1) is 10.4 Å². The third kappa shape index (κ3) is 1.70. The summed E-state index contributed by atoms with van der Waals surface area (Å²) in [5.41, 5.74) is 2.86. The van der Waals surface area contributed by atoms with E-state index >= 15 is 0 Å². The highest BCUT2D eigenvalue weighted by atomic mass is 32.1. The molecule has 0 unspecified atom stereocenters. The zero-order valence-corrected chi connectivity index (χ0v) is 9.75. The molecule has 0 spiro atoms. The first kappa shape index (κ1) is 10.0. The lowest BCUT2D eigenvalue weighted by atomic mass is 10.2. The molecule has 0 saturated heterocycles. The number of hydrogen-bond acceptors (Lipinski definition) is 5. The van der Waals surface area contributed by atoms with Crippen LogP contribution >= 0.6 is 11.3 Å². The van der Waals surface area contributed by atoms with E-state index in [0.717, 1.165) is 26.7 Å². The van der Waals surface area contributed by atoms with Crippen LogP contribution < -0.4 is 16.0 Å².